The van der Waals surface area contributed by atoms with Crippen LogP contribution in [0, 0.1) is 27.7 Å². The molecular formula is C26H29N3OS. The van der Waals surface area contributed by atoms with Gasteiger partial charge in [-0.1, -0.05) is 17.7 Å². The predicted octanol–water partition coefficient (Wildman–Crippen LogP) is 6.44. The Morgan fingerprint density at radius 1 is 1.00 bits per heavy atom. The number of aromatic nitrogens is 1. The van der Waals surface area contributed by atoms with Crippen LogP contribution < -0.4 is 5.32 Å². The van der Waals surface area contributed by atoms with E-state index < -0.39 is 0 Å². The van der Waals surface area contributed by atoms with Gasteiger partial charge in [0.1, 0.15) is 5.76 Å². The van der Waals surface area contributed by atoms with E-state index in [1.807, 2.05) is 12.1 Å². The first-order chi connectivity index (χ1) is 14.9. The zero-order valence-electron chi connectivity index (χ0n) is 18.6. The maximum absolute atomic E-state index is 5.83. The van der Waals surface area contributed by atoms with E-state index in [0.717, 1.165) is 24.4 Å². The molecule has 5 heteroatoms. The molecule has 0 bridgehead atoms. The second kappa shape index (κ2) is 8.98. The van der Waals surface area contributed by atoms with E-state index in [4.69, 9.17) is 16.6 Å². The average Bonchev–Trinajstić information content (AvgIpc) is 3.31. The summed E-state index contributed by atoms with van der Waals surface area (Å²) in [4.78, 5) is 5.70. The van der Waals surface area contributed by atoms with Crippen molar-refractivity contribution in [2.45, 2.75) is 40.7 Å². The summed E-state index contributed by atoms with van der Waals surface area (Å²) in [6.07, 6.45) is 2.60. The van der Waals surface area contributed by atoms with Crippen LogP contribution in [-0.4, -0.2) is 21.5 Å². The van der Waals surface area contributed by atoms with Crippen LogP contribution in [0.1, 0.15) is 33.7 Å². The monoisotopic (exact) mass is 431 g/mol. The number of aromatic amines is 1. The van der Waals surface area contributed by atoms with Crippen LogP contribution in [0.5, 0.6) is 0 Å². The lowest BCUT2D eigenvalue weighted by atomic mass is 10.1. The normalized spacial score (nSPS) is 11.1. The van der Waals surface area contributed by atoms with Crippen LogP contribution in [0.25, 0.3) is 10.9 Å². The number of hydrogen-bond donors (Lipinski definition) is 2. The van der Waals surface area contributed by atoms with Crippen LogP contribution >= 0.6 is 12.2 Å². The highest BCUT2D eigenvalue weighted by atomic mass is 32.1. The lowest BCUT2D eigenvalue weighted by Gasteiger charge is -2.25. The van der Waals surface area contributed by atoms with Gasteiger partial charge in [0.25, 0.3) is 0 Å². The lowest BCUT2D eigenvalue weighted by Crippen LogP contribution is -2.35. The first kappa shape index (κ1) is 21.2. The molecule has 0 saturated heterocycles. The van der Waals surface area contributed by atoms with Crippen molar-refractivity contribution in [2.24, 2.45) is 0 Å². The van der Waals surface area contributed by atoms with Crippen LogP contribution in [-0.2, 0) is 13.0 Å². The van der Waals surface area contributed by atoms with E-state index in [1.54, 1.807) is 6.26 Å². The summed E-state index contributed by atoms with van der Waals surface area (Å²) in [5.74, 6) is 0.899. The molecule has 0 aliphatic heterocycles. The van der Waals surface area contributed by atoms with E-state index in [-0.39, 0.29) is 0 Å². The van der Waals surface area contributed by atoms with Crippen LogP contribution in [0.4, 0.5) is 5.69 Å². The summed E-state index contributed by atoms with van der Waals surface area (Å²) in [6.45, 7) is 9.90. The van der Waals surface area contributed by atoms with Crippen molar-refractivity contribution in [2.75, 3.05) is 11.9 Å². The lowest BCUT2D eigenvalue weighted by molar-refractivity contribution is 0.368. The largest absolute Gasteiger partial charge is 0.467 e. The van der Waals surface area contributed by atoms with Crippen molar-refractivity contribution in [3.05, 3.63) is 88.5 Å². The van der Waals surface area contributed by atoms with Crippen molar-refractivity contribution in [1.29, 1.82) is 0 Å². The molecule has 4 aromatic rings. The number of fused-ring (bicyclic) bond motifs is 1. The van der Waals surface area contributed by atoms with Gasteiger partial charge < -0.3 is 19.6 Å². The number of furan rings is 1. The maximum atomic E-state index is 5.83. The van der Waals surface area contributed by atoms with Gasteiger partial charge >= 0.3 is 0 Å². The fourth-order valence-electron chi connectivity index (χ4n) is 4.16. The summed E-state index contributed by atoms with van der Waals surface area (Å²) in [7, 11) is 0. The third-order valence-electron chi connectivity index (χ3n) is 5.59. The van der Waals surface area contributed by atoms with E-state index >= 15 is 0 Å². The summed E-state index contributed by atoms with van der Waals surface area (Å²) < 4.78 is 5.61. The predicted molar refractivity (Wildman–Crippen MR) is 133 cm³/mol. The first-order valence-corrected chi connectivity index (χ1v) is 11.0. The average molecular weight is 432 g/mol. The number of aryl methyl sites for hydroxylation is 4. The van der Waals surface area contributed by atoms with Gasteiger partial charge in [0.05, 0.1) is 12.8 Å². The molecule has 0 radical (unpaired) electrons. The fraction of sp³-hybridized carbons (Fsp3) is 0.269. The molecule has 0 atom stereocenters. The van der Waals surface area contributed by atoms with Gasteiger partial charge in [0, 0.05) is 28.8 Å². The second-order valence-electron chi connectivity index (χ2n) is 8.34. The molecule has 0 aliphatic rings. The molecule has 31 heavy (non-hydrogen) atoms. The minimum Gasteiger partial charge on any atom is -0.467 e. The van der Waals surface area contributed by atoms with Crippen LogP contribution in [0.15, 0.2) is 59.2 Å². The van der Waals surface area contributed by atoms with Gasteiger partial charge in [-0.05, 0) is 99.4 Å². The van der Waals surface area contributed by atoms with Gasteiger partial charge in [0.2, 0.25) is 0 Å². The number of benzene rings is 2. The number of anilines is 1. The van der Waals surface area contributed by atoms with Crippen LogP contribution in [0.2, 0.25) is 0 Å². The second-order valence-corrected chi connectivity index (χ2v) is 8.72. The molecular weight excluding hydrogens is 402 g/mol. The highest BCUT2D eigenvalue weighted by molar-refractivity contribution is 7.80. The van der Waals surface area contributed by atoms with E-state index in [2.05, 4.69) is 79.3 Å². The summed E-state index contributed by atoms with van der Waals surface area (Å²) in [5, 5.41) is 5.43. The Balaban J connectivity index is 1.56. The summed E-state index contributed by atoms with van der Waals surface area (Å²) in [6, 6.07) is 16.9. The molecule has 0 amide bonds. The third kappa shape index (κ3) is 5.00. The Labute approximate surface area is 189 Å². The fourth-order valence-corrected chi connectivity index (χ4v) is 4.43. The number of H-pyrrole nitrogens is 1. The Morgan fingerprint density at radius 2 is 1.77 bits per heavy atom. The van der Waals surface area contributed by atoms with Crippen molar-refractivity contribution in [1.82, 2.24) is 9.88 Å². The summed E-state index contributed by atoms with van der Waals surface area (Å²) in [5.41, 5.74) is 8.47. The molecule has 0 aliphatic carbocycles. The Hall–Kier alpha value is -3.05. The third-order valence-corrected chi connectivity index (χ3v) is 5.95. The molecule has 160 valence electrons. The molecule has 0 saturated carbocycles. The quantitative estimate of drug-likeness (QED) is 0.345. The molecule has 2 heterocycles. The highest BCUT2D eigenvalue weighted by Crippen LogP contribution is 2.24. The topological polar surface area (TPSA) is 44.2 Å². The van der Waals surface area contributed by atoms with Crippen molar-refractivity contribution >= 4 is 33.9 Å². The number of nitrogens with one attached hydrogen (secondary N) is 2. The Morgan fingerprint density at radius 3 is 2.48 bits per heavy atom. The highest BCUT2D eigenvalue weighted by Gasteiger charge is 2.16. The molecule has 0 unspecified atom stereocenters. The zero-order valence-corrected chi connectivity index (χ0v) is 19.4. The van der Waals surface area contributed by atoms with Gasteiger partial charge in [-0.3, -0.25) is 0 Å². The first-order valence-electron chi connectivity index (χ1n) is 10.6. The molecule has 4 nitrogen and oxygen atoms in total. The van der Waals surface area contributed by atoms with Gasteiger partial charge in [-0.2, -0.15) is 0 Å². The molecule has 0 fully saturated rings. The molecule has 2 aromatic heterocycles. The zero-order chi connectivity index (χ0) is 22.0. The maximum Gasteiger partial charge on any atom is 0.173 e. The minimum absolute atomic E-state index is 0.629. The van der Waals surface area contributed by atoms with E-state index in [0.29, 0.717) is 11.7 Å². The minimum atomic E-state index is 0.629. The smallest absolute Gasteiger partial charge is 0.173 e. The summed E-state index contributed by atoms with van der Waals surface area (Å²) >= 11 is 5.83. The molecule has 2 N–H and O–H groups in total. The van der Waals surface area contributed by atoms with Gasteiger partial charge in [-0.25, -0.2) is 0 Å². The van der Waals surface area contributed by atoms with Gasteiger partial charge in [-0.15, -0.1) is 0 Å². The number of hydrogen-bond acceptors (Lipinski definition) is 2. The Kier molecular flexibility index (Phi) is 6.14. The Bertz CT molecular complexity index is 1190. The van der Waals surface area contributed by atoms with Crippen molar-refractivity contribution in [3.63, 3.8) is 0 Å². The molecule has 0 spiro atoms. The van der Waals surface area contributed by atoms with Gasteiger partial charge in [0.15, 0.2) is 5.11 Å². The van der Waals surface area contributed by atoms with Crippen molar-refractivity contribution < 1.29 is 4.42 Å². The van der Waals surface area contributed by atoms with E-state index in [9.17, 15) is 0 Å². The van der Waals surface area contributed by atoms with Crippen LogP contribution in [0.3, 0.4) is 0 Å². The number of rotatable bonds is 6. The van der Waals surface area contributed by atoms with Crippen molar-refractivity contribution in [3.8, 4) is 0 Å². The number of thiocarbonyl (C=S) groups is 1. The van der Waals surface area contributed by atoms with E-state index in [1.165, 1.54) is 38.9 Å². The standard InChI is InChI=1S/C26H29N3OS/c1-17-7-8-25-24(15-17)23(20(4)27-25)9-10-29(16-22-6-5-11-30-22)26(31)28-21-13-18(2)12-19(3)14-21/h5-8,11-15,27H,9-10,16H2,1-4H3,(H,28,31). The molecule has 4 rings (SSSR count). The SMILES string of the molecule is Cc1cc(C)cc(NC(=S)N(CCc2c(C)[nH]c3ccc(C)cc23)Cc2ccco2)c1. The number of nitrogens with zero attached hydrogens (tertiary/aromatic N) is 1. The molecule has 2 aromatic carbocycles.